The highest BCUT2D eigenvalue weighted by atomic mass is 16.5. The molecular formula is C21H19N7O2. The molecule has 2 heterocycles. The number of aryl methyl sites for hydroxylation is 1. The number of anilines is 3. The maximum absolute atomic E-state index is 12.4. The summed E-state index contributed by atoms with van der Waals surface area (Å²) < 4.78 is 5.29. The second-order valence-electron chi connectivity index (χ2n) is 6.39. The molecule has 30 heavy (non-hydrogen) atoms. The van der Waals surface area contributed by atoms with Crippen molar-refractivity contribution in [2.24, 2.45) is 0 Å². The van der Waals surface area contributed by atoms with Crippen LogP contribution in [0.1, 0.15) is 28.8 Å². The van der Waals surface area contributed by atoms with E-state index < -0.39 is 5.97 Å². The number of carbonyl (C=O) groups is 1. The normalized spacial score (nSPS) is 10.7. The van der Waals surface area contributed by atoms with E-state index in [-0.39, 0.29) is 30.0 Å². The zero-order valence-electron chi connectivity index (χ0n) is 16.2. The Kier molecular flexibility index (Phi) is 5.42. The fourth-order valence-corrected chi connectivity index (χ4v) is 2.89. The number of nitrogens with one attached hydrogen (secondary N) is 1. The minimum Gasteiger partial charge on any atom is -0.453 e. The number of aromatic nitrogens is 5. The minimum atomic E-state index is -0.627. The van der Waals surface area contributed by atoms with Crippen molar-refractivity contribution in [1.29, 1.82) is 0 Å². The van der Waals surface area contributed by atoms with Crippen LogP contribution in [0, 0.1) is 0 Å². The van der Waals surface area contributed by atoms with Crippen molar-refractivity contribution < 1.29 is 9.53 Å². The third-order valence-electron chi connectivity index (χ3n) is 4.33. The number of esters is 1. The maximum atomic E-state index is 12.4. The average molecular weight is 401 g/mol. The monoisotopic (exact) mass is 401 g/mol. The molecule has 9 nitrogen and oxygen atoms in total. The van der Waals surface area contributed by atoms with Gasteiger partial charge in [0.2, 0.25) is 11.9 Å². The molecule has 0 unspecified atom stereocenters. The lowest BCUT2D eigenvalue weighted by molar-refractivity contribution is 0.0455. The first-order valence-electron chi connectivity index (χ1n) is 9.36. The van der Waals surface area contributed by atoms with Gasteiger partial charge in [-0.3, -0.25) is 4.98 Å². The van der Waals surface area contributed by atoms with Gasteiger partial charge in [0.05, 0.1) is 17.2 Å². The van der Waals surface area contributed by atoms with E-state index in [1.165, 1.54) is 6.20 Å². The number of hydrogen-bond acceptors (Lipinski definition) is 9. The van der Waals surface area contributed by atoms with Gasteiger partial charge in [0.1, 0.15) is 0 Å². The summed E-state index contributed by atoms with van der Waals surface area (Å²) in [7, 11) is 0. The van der Waals surface area contributed by atoms with Gasteiger partial charge >= 0.3 is 5.97 Å². The van der Waals surface area contributed by atoms with E-state index in [1.54, 1.807) is 6.07 Å². The third-order valence-corrected chi connectivity index (χ3v) is 4.33. The molecule has 0 saturated carbocycles. The zero-order valence-corrected chi connectivity index (χ0v) is 16.2. The predicted octanol–water partition coefficient (Wildman–Crippen LogP) is 3.06. The Morgan fingerprint density at radius 2 is 1.77 bits per heavy atom. The number of carbonyl (C=O) groups excluding carboxylic acids is 1. The third kappa shape index (κ3) is 4.30. The lowest BCUT2D eigenvalue weighted by Gasteiger charge is -2.11. The quantitative estimate of drug-likeness (QED) is 0.468. The van der Waals surface area contributed by atoms with Crippen LogP contribution in [0.2, 0.25) is 0 Å². The summed E-state index contributed by atoms with van der Waals surface area (Å²) in [5, 5.41) is 3.14. The standard InChI is InChI=1S/C21H19N7O2/c1-2-13-7-3-4-8-14(13)25-21-27-18(26-20(22)28-21)12-30-19(29)17-11-23-15-9-5-6-10-16(15)24-17/h3-11H,2,12H2,1H3,(H3,22,25,26,27,28). The fraction of sp³-hybridized carbons (Fsp3) is 0.143. The van der Waals surface area contributed by atoms with Crippen molar-refractivity contribution in [2.75, 3.05) is 11.1 Å². The van der Waals surface area contributed by atoms with Crippen LogP contribution < -0.4 is 11.1 Å². The SMILES string of the molecule is CCc1ccccc1Nc1nc(N)nc(COC(=O)c2cnc3ccccc3n2)n1. The smallest absolute Gasteiger partial charge is 0.359 e. The molecule has 0 aliphatic carbocycles. The highest BCUT2D eigenvalue weighted by Crippen LogP contribution is 2.19. The van der Waals surface area contributed by atoms with Gasteiger partial charge in [-0.1, -0.05) is 37.3 Å². The maximum Gasteiger partial charge on any atom is 0.359 e. The average Bonchev–Trinajstić information content (AvgIpc) is 2.77. The number of nitrogens with zero attached hydrogens (tertiary/aromatic N) is 5. The Morgan fingerprint density at radius 1 is 1.00 bits per heavy atom. The Balaban J connectivity index is 1.48. The molecule has 0 bridgehead atoms. The van der Waals surface area contributed by atoms with Crippen LogP contribution in [-0.4, -0.2) is 30.9 Å². The summed E-state index contributed by atoms with van der Waals surface area (Å²) in [5.74, 6) is -0.0999. The zero-order chi connectivity index (χ0) is 20.9. The summed E-state index contributed by atoms with van der Waals surface area (Å²) in [6.45, 7) is 1.88. The number of fused-ring (bicyclic) bond motifs is 1. The van der Waals surface area contributed by atoms with E-state index in [0.717, 1.165) is 17.7 Å². The summed E-state index contributed by atoms with van der Waals surface area (Å²) in [5.41, 5.74) is 9.19. The molecule has 4 aromatic rings. The Bertz CT molecular complexity index is 1210. The van der Waals surface area contributed by atoms with Crippen molar-refractivity contribution in [1.82, 2.24) is 24.9 Å². The van der Waals surface area contributed by atoms with Gasteiger partial charge in [-0.15, -0.1) is 0 Å². The fourth-order valence-electron chi connectivity index (χ4n) is 2.89. The molecule has 0 aliphatic rings. The van der Waals surface area contributed by atoms with Gasteiger partial charge in [-0.2, -0.15) is 15.0 Å². The largest absolute Gasteiger partial charge is 0.453 e. The van der Waals surface area contributed by atoms with E-state index in [9.17, 15) is 4.79 Å². The van der Waals surface area contributed by atoms with Crippen molar-refractivity contribution in [3.05, 3.63) is 71.8 Å². The highest BCUT2D eigenvalue weighted by Gasteiger charge is 2.13. The molecule has 3 N–H and O–H groups in total. The van der Waals surface area contributed by atoms with Crippen LogP contribution in [0.4, 0.5) is 17.6 Å². The first kappa shape index (κ1) is 19.2. The second-order valence-corrected chi connectivity index (χ2v) is 6.39. The molecule has 150 valence electrons. The lowest BCUT2D eigenvalue weighted by atomic mass is 10.1. The van der Waals surface area contributed by atoms with Gasteiger partial charge in [-0.05, 0) is 30.2 Å². The molecule has 0 fully saturated rings. The van der Waals surface area contributed by atoms with Crippen molar-refractivity contribution in [3.63, 3.8) is 0 Å². The van der Waals surface area contributed by atoms with Crippen LogP contribution in [0.25, 0.3) is 11.0 Å². The summed E-state index contributed by atoms with van der Waals surface area (Å²) in [6, 6.07) is 15.1. The first-order chi connectivity index (χ1) is 14.6. The molecule has 0 atom stereocenters. The van der Waals surface area contributed by atoms with Crippen LogP contribution >= 0.6 is 0 Å². The summed E-state index contributed by atoms with van der Waals surface area (Å²) in [6.07, 6.45) is 2.22. The number of nitrogen functional groups attached to an aromatic ring is 1. The molecule has 2 aromatic heterocycles. The van der Waals surface area contributed by atoms with Crippen LogP contribution in [0.15, 0.2) is 54.7 Å². The van der Waals surface area contributed by atoms with Crippen molar-refractivity contribution in [2.45, 2.75) is 20.0 Å². The number of para-hydroxylation sites is 3. The van der Waals surface area contributed by atoms with Gasteiger partial charge in [-0.25, -0.2) is 9.78 Å². The number of rotatable bonds is 6. The molecule has 9 heteroatoms. The van der Waals surface area contributed by atoms with E-state index in [1.807, 2.05) is 42.5 Å². The number of nitrogens with two attached hydrogens (primary N) is 1. The van der Waals surface area contributed by atoms with E-state index in [0.29, 0.717) is 11.0 Å². The Labute approximate surface area is 172 Å². The van der Waals surface area contributed by atoms with Crippen LogP contribution in [-0.2, 0) is 17.8 Å². The summed E-state index contributed by atoms with van der Waals surface area (Å²) in [4.78, 5) is 33.3. The van der Waals surface area contributed by atoms with Crippen molar-refractivity contribution in [3.8, 4) is 0 Å². The van der Waals surface area contributed by atoms with E-state index in [2.05, 4.69) is 37.2 Å². The molecule has 0 spiro atoms. The van der Waals surface area contributed by atoms with Gasteiger partial charge in [0, 0.05) is 5.69 Å². The minimum absolute atomic E-state index is 0.0259. The van der Waals surface area contributed by atoms with Crippen LogP contribution in [0.5, 0.6) is 0 Å². The summed E-state index contributed by atoms with van der Waals surface area (Å²) >= 11 is 0. The number of benzene rings is 2. The van der Waals surface area contributed by atoms with Crippen LogP contribution in [0.3, 0.4) is 0 Å². The number of ether oxygens (including phenoxy) is 1. The highest BCUT2D eigenvalue weighted by molar-refractivity contribution is 5.89. The first-order valence-corrected chi connectivity index (χ1v) is 9.36. The molecule has 2 aromatic carbocycles. The van der Waals surface area contributed by atoms with Crippen molar-refractivity contribution >= 4 is 34.6 Å². The van der Waals surface area contributed by atoms with E-state index >= 15 is 0 Å². The van der Waals surface area contributed by atoms with Gasteiger partial charge < -0.3 is 15.8 Å². The number of hydrogen-bond donors (Lipinski definition) is 2. The lowest BCUT2D eigenvalue weighted by Crippen LogP contribution is -2.12. The molecule has 0 aliphatic heterocycles. The topological polar surface area (TPSA) is 129 Å². The molecule has 4 rings (SSSR count). The Morgan fingerprint density at radius 3 is 2.60 bits per heavy atom. The molecular weight excluding hydrogens is 382 g/mol. The van der Waals surface area contributed by atoms with Gasteiger partial charge in [0.15, 0.2) is 18.1 Å². The van der Waals surface area contributed by atoms with E-state index in [4.69, 9.17) is 10.5 Å². The molecule has 0 amide bonds. The van der Waals surface area contributed by atoms with Gasteiger partial charge in [0.25, 0.3) is 0 Å². The predicted molar refractivity (Wildman–Crippen MR) is 112 cm³/mol. The molecule has 0 radical (unpaired) electrons. The molecule has 0 saturated heterocycles. The second kappa shape index (κ2) is 8.48. The Hall–Kier alpha value is -4.14.